The summed E-state index contributed by atoms with van der Waals surface area (Å²) in [5.41, 5.74) is 3.82. The fourth-order valence-electron chi connectivity index (χ4n) is 4.28. The van der Waals surface area contributed by atoms with E-state index < -0.39 is 0 Å². The van der Waals surface area contributed by atoms with Gasteiger partial charge in [0.25, 0.3) is 0 Å². The number of hydrogen-bond acceptors (Lipinski definition) is 2. The van der Waals surface area contributed by atoms with E-state index in [2.05, 4.69) is 115 Å². The SMILES string of the molecule is c1ccc2c(c1)ccc1nc(cc3ccccc31)c1ccccc1ccc1cccc2n1. The van der Waals surface area contributed by atoms with Crippen molar-refractivity contribution < 1.29 is 0 Å². The highest BCUT2D eigenvalue weighted by molar-refractivity contribution is 6.04. The molecule has 6 rings (SSSR count). The third-order valence-electron chi connectivity index (χ3n) is 5.87. The normalized spacial score (nSPS) is 11.1. The van der Waals surface area contributed by atoms with Crippen LogP contribution in [0.5, 0.6) is 0 Å². The van der Waals surface area contributed by atoms with Gasteiger partial charge in [-0.3, -0.25) is 0 Å². The summed E-state index contributed by atoms with van der Waals surface area (Å²) in [6.07, 6.45) is 0. The molecular weight excluding hydrogens is 388 g/mol. The fourth-order valence-corrected chi connectivity index (χ4v) is 4.28. The van der Waals surface area contributed by atoms with E-state index in [0.717, 1.165) is 49.0 Å². The molecule has 0 radical (unpaired) electrons. The summed E-state index contributed by atoms with van der Waals surface area (Å²) in [4.78, 5) is 10.0. The molecule has 0 atom stereocenters. The van der Waals surface area contributed by atoms with Crippen LogP contribution in [0, 0.1) is 0 Å². The molecule has 0 aliphatic heterocycles. The molecule has 3 aromatic heterocycles. The molecule has 0 aliphatic carbocycles. The second kappa shape index (κ2) is 7.75. The largest absolute Gasteiger partial charge is 0.248 e. The molecule has 0 fully saturated rings. The van der Waals surface area contributed by atoms with Crippen molar-refractivity contribution in [3.8, 4) is 0 Å². The van der Waals surface area contributed by atoms with Crippen LogP contribution in [0.2, 0.25) is 0 Å². The molecule has 4 bridgehead atoms. The first-order valence-electron chi connectivity index (χ1n) is 10.8. The Hall–Kier alpha value is -4.30. The van der Waals surface area contributed by atoms with Crippen molar-refractivity contribution in [1.82, 2.24) is 9.97 Å². The minimum Gasteiger partial charge on any atom is -0.248 e. The molecule has 0 spiro atoms. The maximum Gasteiger partial charge on any atom is 0.0721 e. The molecule has 2 nitrogen and oxygen atoms in total. The van der Waals surface area contributed by atoms with Gasteiger partial charge < -0.3 is 0 Å². The Labute approximate surface area is 185 Å². The van der Waals surface area contributed by atoms with Crippen molar-refractivity contribution in [2.75, 3.05) is 0 Å². The molecular formula is C30H20N2. The first kappa shape index (κ1) is 18.5. The third-order valence-corrected chi connectivity index (χ3v) is 5.87. The smallest absolute Gasteiger partial charge is 0.0721 e. The standard InChI is InChI=1S/C30H20N2/c1-4-12-25-22(9-1)17-19-29-27-14-6-3-10-23(27)20-30(32-29)26-13-5-2-8-21(26)16-18-24-11-7-15-28(25)31-24/h1-20H. The maximum absolute atomic E-state index is 5.10. The van der Waals surface area contributed by atoms with E-state index >= 15 is 0 Å². The van der Waals surface area contributed by atoms with E-state index in [1.165, 1.54) is 5.39 Å². The van der Waals surface area contributed by atoms with Gasteiger partial charge in [0.1, 0.15) is 0 Å². The first-order chi connectivity index (χ1) is 15.8. The molecule has 150 valence electrons. The van der Waals surface area contributed by atoms with E-state index in [1.807, 2.05) is 6.07 Å². The summed E-state index contributed by atoms with van der Waals surface area (Å²) in [6, 6.07) is 42.0. The topological polar surface area (TPSA) is 25.8 Å². The second-order valence-corrected chi connectivity index (χ2v) is 7.90. The van der Waals surface area contributed by atoms with Gasteiger partial charge in [0.15, 0.2) is 0 Å². The van der Waals surface area contributed by atoms with Gasteiger partial charge in [-0.05, 0) is 46.5 Å². The van der Waals surface area contributed by atoms with Crippen molar-refractivity contribution >= 4 is 54.4 Å². The van der Waals surface area contributed by atoms with Crippen LogP contribution in [0.1, 0.15) is 0 Å². The minimum absolute atomic E-state index is 0.931. The maximum atomic E-state index is 5.10. The average molecular weight is 409 g/mol. The van der Waals surface area contributed by atoms with E-state index in [9.17, 15) is 0 Å². The lowest BCUT2D eigenvalue weighted by molar-refractivity contribution is 1.49. The minimum atomic E-state index is 0.931. The van der Waals surface area contributed by atoms with Gasteiger partial charge in [-0.25, -0.2) is 9.97 Å². The zero-order chi connectivity index (χ0) is 21.3. The van der Waals surface area contributed by atoms with Crippen molar-refractivity contribution in [3.63, 3.8) is 0 Å². The van der Waals surface area contributed by atoms with Crippen LogP contribution in [0.3, 0.4) is 0 Å². The number of aromatic nitrogens is 2. The van der Waals surface area contributed by atoms with Gasteiger partial charge in [-0.15, -0.1) is 0 Å². The molecule has 3 aromatic carbocycles. The molecule has 6 aromatic rings. The highest BCUT2D eigenvalue weighted by atomic mass is 14.7. The number of hydrogen-bond donors (Lipinski definition) is 0. The molecule has 32 heavy (non-hydrogen) atoms. The number of fused-ring (bicyclic) bond motifs is 10. The average Bonchev–Trinajstić information content (AvgIpc) is 2.86. The Morgan fingerprint density at radius 2 is 0.906 bits per heavy atom. The zero-order valence-electron chi connectivity index (χ0n) is 17.4. The Kier molecular flexibility index (Phi) is 4.47. The van der Waals surface area contributed by atoms with Crippen molar-refractivity contribution in [2.24, 2.45) is 0 Å². The van der Waals surface area contributed by atoms with Crippen LogP contribution in [0.15, 0.2) is 121 Å². The van der Waals surface area contributed by atoms with Crippen LogP contribution < -0.4 is 0 Å². The summed E-state index contributed by atoms with van der Waals surface area (Å²) in [7, 11) is 0. The molecule has 2 heteroatoms. The van der Waals surface area contributed by atoms with Crippen molar-refractivity contribution in [1.29, 1.82) is 0 Å². The van der Waals surface area contributed by atoms with Gasteiger partial charge >= 0.3 is 0 Å². The first-order valence-corrected chi connectivity index (χ1v) is 10.8. The van der Waals surface area contributed by atoms with Gasteiger partial charge in [0, 0.05) is 16.2 Å². The summed E-state index contributed by atoms with van der Waals surface area (Å²) < 4.78 is 0. The van der Waals surface area contributed by atoms with E-state index in [1.54, 1.807) is 0 Å². The van der Waals surface area contributed by atoms with Crippen LogP contribution in [-0.2, 0) is 0 Å². The van der Waals surface area contributed by atoms with E-state index in [4.69, 9.17) is 9.97 Å². The molecule has 0 N–H and O–H groups in total. The quantitative estimate of drug-likeness (QED) is 0.255. The lowest BCUT2D eigenvalue weighted by atomic mass is 10.1. The number of rotatable bonds is 0. The fraction of sp³-hybridized carbons (Fsp3) is 0. The Morgan fingerprint density at radius 3 is 1.66 bits per heavy atom. The lowest BCUT2D eigenvalue weighted by Gasteiger charge is -2.03. The highest BCUT2D eigenvalue weighted by Crippen LogP contribution is 2.25. The van der Waals surface area contributed by atoms with Gasteiger partial charge in [0.2, 0.25) is 0 Å². The molecule has 0 saturated heterocycles. The second-order valence-electron chi connectivity index (χ2n) is 7.90. The van der Waals surface area contributed by atoms with E-state index in [0.29, 0.717) is 0 Å². The van der Waals surface area contributed by atoms with Crippen LogP contribution in [0.4, 0.5) is 0 Å². The zero-order valence-corrected chi connectivity index (χ0v) is 17.4. The molecule has 0 aliphatic rings. The highest BCUT2D eigenvalue weighted by Gasteiger charge is 2.01. The number of benzene rings is 3. The molecule has 0 unspecified atom stereocenters. The molecule has 3 heterocycles. The van der Waals surface area contributed by atoms with Crippen LogP contribution in [0.25, 0.3) is 54.4 Å². The monoisotopic (exact) mass is 408 g/mol. The molecule has 0 amide bonds. The van der Waals surface area contributed by atoms with Gasteiger partial charge in [-0.2, -0.15) is 0 Å². The van der Waals surface area contributed by atoms with Crippen molar-refractivity contribution in [2.45, 2.75) is 0 Å². The van der Waals surface area contributed by atoms with Crippen molar-refractivity contribution in [3.05, 3.63) is 121 Å². The Bertz CT molecular complexity index is 1730. The van der Waals surface area contributed by atoms with Crippen LogP contribution >= 0.6 is 0 Å². The third kappa shape index (κ3) is 3.32. The Morgan fingerprint density at radius 1 is 0.344 bits per heavy atom. The summed E-state index contributed by atoms with van der Waals surface area (Å²) >= 11 is 0. The number of nitrogens with zero attached hydrogens (tertiary/aromatic N) is 2. The van der Waals surface area contributed by atoms with Gasteiger partial charge in [0.05, 0.1) is 22.1 Å². The van der Waals surface area contributed by atoms with E-state index in [-0.39, 0.29) is 0 Å². The Balaban J connectivity index is 1.89. The predicted octanol–water partition coefficient (Wildman–Crippen LogP) is 7.93. The summed E-state index contributed by atoms with van der Waals surface area (Å²) in [5, 5.41) is 6.79. The predicted molar refractivity (Wildman–Crippen MR) is 136 cm³/mol. The number of pyridine rings is 2. The summed E-state index contributed by atoms with van der Waals surface area (Å²) in [6.45, 7) is 0. The summed E-state index contributed by atoms with van der Waals surface area (Å²) in [5.74, 6) is 0. The van der Waals surface area contributed by atoms with Gasteiger partial charge in [-0.1, -0.05) is 91.0 Å². The molecule has 0 saturated carbocycles. The lowest BCUT2D eigenvalue weighted by Crippen LogP contribution is -1.82. The van der Waals surface area contributed by atoms with Crippen LogP contribution in [-0.4, -0.2) is 9.97 Å².